The van der Waals surface area contributed by atoms with Gasteiger partial charge in [0, 0.05) is 48.2 Å². The number of benzene rings is 2. The molecule has 0 radical (unpaired) electrons. The van der Waals surface area contributed by atoms with E-state index in [9.17, 15) is 9.59 Å². The average molecular weight is 398 g/mol. The lowest BCUT2D eigenvalue weighted by Gasteiger charge is -2.60. The van der Waals surface area contributed by atoms with Crippen LogP contribution in [0.15, 0.2) is 48.5 Å². The molecule has 0 aromatic heterocycles. The maximum atomic E-state index is 13.0. The number of amides is 3. The van der Waals surface area contributed by atoms with Crippen LogP contribution in [0, 0.1) is 5.41 Å². The van der Waals surface area contributed by atoms with Crippen molar-refractivity contribution < 1.29 is 14.3 Å². The fraction of sp³-hybridized carbons (Fsp3) is 0.333. The molecule has 2 saturated heterocycles. The maximum absolute atomic E-state index is 13.0. The van der Waals surface area contributed by atoms with Crippen LogP contribution in [0.2, 0.25) is 5.02 Å². The zero-order valence-electron chi connectivity index (χ0n) is 15.3. The quantitative estimate of drug-likeness (QED) is 0.743. The molecule has 28 heavy (non-hydrogen) atoms. The summed E-state index contributed by atoms with van der Waals surface area (Å²) in [6.45, 7) is 3.77. The van der Waals surface area contributed by atoms with Crippen LogP contribution in [0.1, 0.15) is 10.4 Å². The normalized spacial score (nSPS) is 19.4. The standard InChI is InChI=1S/C21H20ClN3O3/c22-16-6-7-17-18(10-16)28-9-8-25(17)20(27)24-13-21(14-24)11-23(12-21)19(26)15-4-2-1-3-5-15/h1-7,10H,8-9,11-14H2. The summed E-state index contributed by atoms with van der Waals surface area (Å²) in [6, 6.07) is 14.7. The maximum Gasteiger partial charge on any atom is 0.324 e. The number of fused-ring (bicyclic) bond motifs is 1. The first-order valence-electron chi connectivity index (χ1n) is 9.38. The molecule has 3 aliphatic heterocycles. The van der Waals surface area contributed by atoms with Crippen LogP contribution in [0.4, 0.5) is 10.5 Å². The highest BCUT2D eigenvalue weighted by Crippen LogP contribution is 2.42. The molecular weight excluding hydrogens is 378 g/mol. The van der Waals surface area contributed by atoms with Crippen molar-refractivity contribution in [3.8, 4) is 5.75 Å². The van der Waals surface area contributed by atoms with Crippen LogP contribution >= 0.6 is 11.6 Å². The van der Waals surface area contributed by atoms with Crippen LogP contribution in [-0.2, 0) is 0 Å². The molecule has 1 spiro atoms. The summed E-state index contributed by atoms with van der Waals surface area (Å²) in [5.41, 5.74) is 1.53. The third-order valence-electron chi connectivity index (χ3n) is 5.70. The van der Waals surface area contributed by atoms with Crippen molar-refractivity contribution in [3.63, 3.8) is 0 Å². The molecule has 2 aromatic carbocycles. The molecule has 6 nitrogen and oxygen atoms in total. The summed E-state index contributed by atoms with van der Waals surface area (Å²) < 4.78 is 5.63. The second-order valence-corrected chi connectivity index (χ2v) is 8.21. The monoisotopic (exact) mass is 397 g/mol. The van der Waals surface area contributed by atoms with Crippen molar-refractivity contribution >= 4 is 29.2 Å². The van der Waals surface area contributed by atoms with Crippen LogP contribution in [0.5, 0.6) is 5.75 Å². The first-order chi connectivity index (χ1) is 13.5. The Labute approximate surface area is 168 Å². The van der Waals surface area contributed by atoms with Gasteiger partial charge in [-0.15, -0.1) is 0 Å². The fourth-order valence-corrected chi connectivity index (χ4v) is 4.49. The highest BCUT2D eigenvalue weighted by molar-refractivity contribution is 6.30. The molecule has 0 bridgehead atoms. The van der Waals surface area contributed by atoms with E-state index < -0.39 is 0 Å². The minimum Gasteiger partial charge on any atom is -0.489 e. The number of hydrogen-bond acceptors (Lipinski definition) is 3. The molecule has 2 aromatic rings. The minimum atomic E-state index is -0.00895. The molecule has 3 amide bonds. The van der Waals surface area contributed by atoms with Crippen LogP contribution in [0.3, 0.4) is 0 Å². The van der Waals surface area contributed by atoms with Gasteiger partial charge in [0.05, 0.1) is 12.2 Å². The average Bonchev–Trinajstić information content (AvgIpc) is 2.65. The Balaban J connectivity index is 1.21. The summed E-state index contributed by atoms with van der Waals surface area (Å²) in [6.07, 6.45) is 0. The molecule has 3 aliphatic rings. The van der Waals surface area contributed by atoms with Crippen LogP contribution in [-0.4, -0.2) is 61.1 Å². The lowest BCUT2D eigenvalue weighted by molar-refractivity contribution is -0.0769. The number of halogens is 1. The predicted octanol–water partition coefficient (Wildman–Crippen LogP) is 3.12. The molecule has 0 atom stereocenters. The van der Waals surface area contributed by atoms with Gasteiger partial charge in [0.15, 0.2) is 0 Å². The fourth-order valence-electron chi connectivity index (χ4n) is 4.33. The number of urea groups is 1. The number of carbonyl (C=O) groups excluding carboxylic acids is 2. The predicted molar refractivity (Wildman–Crippen MR) is 106 cm³/mol. The lowest BCUT2D eigenvalue weighted by Crippen LogP contribution is -2.74. The molecule has 3 heterocycles. The first kappa shape index (κ1) is 17.4. The van der Waals surface area contributed by atoms with Gasteiger partial charge in [-0.1, -0.05) is 29.8 Å². The van der Waals surface area contributed by atoms with Crippen molar-refractivity contribution in [1.29, 1.82) is 0 Å². The van der Waals surface area contributed by atoms with E-state index in [2.05, 4.69) is 0 Å². The Morgan fingerprint density at radius 1 is 0.964 bits per heavy atom. The van der Waals surface area contributed by atoms with Gasteiger partial charge in [-0.05, 0) is 24.3 Å². The Bertz CT molecular complexity index is 935. The summed E-state index contributed by atoms with van der Waals surface area (Å²) in [7, 11) is 0. The number of ether oxygens (including phenoxy) is 1. The van der Waals surface area contributed by atoms with E-state index in [4.69, 9.17) is 16.3 Å². The van der Waals surface area contributed by atoms with Crippen molar-refractivity contribution in [3.05, 3.63) is 59.1 Å². The third kappa shape index (κ3) is 2.79. The molecule has 5 rings (SSSR count). The van der Waals surface area contributed by atoms with E-state index in [0.29, 0.717) is 55.7 Å². The second-order valence-electron chi connectivity index (χ2n) is 7.78. The van der Waals surface area contributed by atoms with Gasteiger partial charge in [-0.3, -0.25) is 9.69 Å². The van der Waals surface area contributed by atoms with Crippen molar-refractivity contribution in [2.24, 2.45) is 5.41 Å². The molecule has 144 valence electrons. The number of likely N-dealkylation sites (tertiary alicyclic amines) is 2. The Kier molecular flexibility index (Phi) is 3.98. The summed E-state index contributed by atoms with van der Waals surface area (Å²) in [5.74, 6) is 0.709. The van der Waals surface area contributed by atoms with Gasteiger partial charge >= 0.3 is 6.03 Å². The Hall–Kier alpha value is -2.73. The first-order valence-corrected chi connectivity index (χ1v) is 9.76. The van der Waals surface area contributed by atoms with E-state index in [-0.39, 0.29) is 17.4 Å². The molecule has 7 heteroatoms. The number of nitrogens with zero attached hydrogens (tertiary/aromatic N) is 3. The van der Waals surface area contributed by atoms with Gasteiger partial charge < -0.3 is 14.5 Å². The molecule has 0 saturated carbocycles. The zero-order valence-corrected chi connectivity index (χ0v) is 16.1. The van der Waals surface area contributed by atoms with Gasteiger partial charge in [0.2, 0.25) is 0 Å². The molecule has 0 unspecified atom stereocenters. The van der Waals surface area contributed by atoms with Crippen LogP contribution in [0.25, 0.3) is 0 Å². The van der Waals surface area contributed by atoms with Crippen LogP contribution < -0.4 is 9.64 Å². The topological polar surface area (TPSA) is 53.1 Å². The van der Waals surface area contributed by atoms with Gasteiger partial charge in [0.25, 0.3) is 5.91 Å². The molecular formula is C21H20ClN3O3. The summed E-state index contributed by atoms with van der Waals surface area (Å²) in [5, 5.41) is 0.591. The van der Waals surface area contributed by atoms with Gasteiger partial charge in [-0.2, -0.15) is 0 Å². The van der Waals surface area contributed by atoms with Crippen molar-refractivity contribution in [2.45, 2.75) is 0 Å². The number of carbonyl (C=O) groups is 2. The minimum absolute atomic E-state index is 0.00895. The van der Waals surface area contributed by atoms with Crippen molar-refractivity contribution in [2.75, 3.05) is 44.2 Å². The second kappa shape index (κ2) is 6.41. The Morgan fingerprint density at radius 2 is 1.68 bits per heavy atom. The van der Waals surface area contributed by atoms with E-state index >= 15 is 0 Å². The SMILES string of the molecule is O=C(c1ccccc1)N1CC2(C1)CN(C(=O)N1CCOc3cc(Cl)ccc31)C2. The van der Waals surface area contributed by atoms with Gasteiger partial charge in [-0.25, -0.2) is 4.79 Å². The lowest BCUT2D eigenvalue weighted by atomic mass is 9.72. The molecule has 0 aliphatic carbocycles. The summed E-state index contributed by atoms with van der Waals surface area (Å²) >= 11 is 6.03. The number of hydrogen-bond donors (Lipinski definition) is 0. The summed E-state index contributed by atoms with van der Waals surface area (Å²) in [4.78, 5) is 30.9. The largest absolute Gasteiger partial charge is 0.489 e. The highest BCUT2D eigenvalue weighted by Gasteiger charge is 2.55. The molecule has 2 fully saturated rings. The van der Waals surface area contributed by atoms with Crippen molar-refractivity contribution in [1.82, 2.24) is 9.80 Å². The zero-order chi connectivity index (χ0) is 19.3. The number of anilines is 1. The smallest absolute Gasteiger partial charge is 0.324 e. The number of rotatable bonds is 1. The van der Waals surface area contributed by atoms with E-state index in [1.807, 2.05) is 46.2 Å². The van der Waals surface area contributed by atoms with E-state index in [0.717, 1.165) is 5.69 Å². The van der Waals surface area contributed by atoms with Gasteiger partial charge in [0.1, 0.15) is 12.4 Å². The molecule has 0 N–H and O–H groups in total. The van der Waals surface area contributed by atoms with E-state index in [1.165, 1.54) is 0 Å². The highest BCUT2D eigenvalue weighted by atomic mass is 35.5. The third-order valence-corrected chi connectivity index (χ3v) is 5.93. The van der Waals surface area contributed by atoms with E-state index in [1.54, 1.807) is 17.0 Å². The Morgan fingerprint density at radius 3 is 2.43 bits per heavy atom.